The van der Waals surface area contributed by atoms with Gasteiger partial charge in [-0.2, -0.15) is 5.10 Å². The van der Waals surface area contributed by atoms with Gasteiger partial charge in [0, 0.05) is 17.7 Å². The molecule has 0 unspecified atom stereocenters. The quantitative estimate of drug-likeness (QED) is 0.417. The van der Waals surface area contributed by atoms with Crippen LogP contribution in [-0.2, 0) is 4.79 Å². The minimum Gasteiger partial charge on any atom is -0.508 e. The van der Waals surface area contributed by atoms with Gasteiger partial charge in [0.1, 0.15) is 11.5 Å². The molecule has 0 aliphatic heterocycles. The maximum atomic E-state index is 11.6. The fraction of sp³-hybridized carbons (Fsp3) is 0.0667. The van der Waals surface area contributed by atoms with Crippen LogP contribution in [0.15, 0.2) is 47.6 Å². The van der Waals surface area contributed by atoms with E-state index in [-0.39, 0.29) is 28.5 Å². The molecule has 0 aliphatic rings. The molecule has 0 saturated heterocycles. The predicted octanol–water partition coefficient (Wildman–Crippen LogP) is 1.54. The number of phenols is 2. The number of amides is 1. The van der Waals surface area contributed by atoms with Gasteiger partial charge in [-0.05, 0) is 18.2 Å². The van der Waals surface area contributed by atoms with Gasteiger partial charge >= 0.3 is 5.69 Å². The van der Waals surface area contributed by atoms with Crippen LogP contribution >= 0.6 is 0 Å². The van der Waals surface area contributed by atoms with Gasteiger partial charge in [-0.15, -0.1) is 0 Å². The molecule has 0 radical (unpaired) electrons. The van der Waals surface area contributed by atoms with Crippen molar-refractivity contribution in [3.63, 3.8) is 0 Å². The summed E-state index contributed by atoms with van der Waals surface area (Å²) in [6.07, 6.45) is 1.18. The van der Waals surface area contributed by atoms with Gasteiger partial charge in [0.15, 0.2) is 12.4 Å². The summed E-state index contributed by atoms with van der Waals surface area (Å²) in [5.41, 5.74) is 2.19. The second-order valence-corrected chi connectivity index (χ2v) is 4.55. The number of benzene rings is 2. The van der Waals surface area contributed by atoms with Crippen molar-refractivity contribution in [2.45, 2.75) is 0 Å². The molecule has 0 aromatic heterocycles. The Balaban J connectivity index is 1.90. The standard InChI is InChI=1S/C15H13N3O6/c19-11-6-5-10(13(20)7-11)8-16-17-15(21)9-24-14-4-2-1-3-12(14)18(22)23/h1-8,19-20H,9H2,(H,17,21). The van der Waals surface area contributed by atoms with Crippen molar-refractivity contribution < 1.29 is 24.7 Å². The van der Waals surface area contributed by atoms with Crippen molar-refractivity contribution in [1.29, 1.82) is 0 Å². The molecule has 0 heterocycles. The van der Waals surface area contributed by atoms with Crippen molar-refractivity contribution in [3.8, 4) is 17.2 Å². The lowest BCUT2D eigenvalue weighted by Gasteiger charge is -2.05. The van der Waals surface area contributed by atoms with Crippen molar-refractivity contribution in [2.75, 3.05) is 6.61 Å². The number of nitro groups is 1. The summed E-state index contributed by atoms with van der Waals surface area (Å²) in [6.45, 7) is -0.468. The number of carbonyl (C=O) groups excluding carboxylic acids is 1. The number of carbonyl (C=O) groups is 1. The number of hydrogen-bond acceptors (Lipinski definition) is 7. The molecule has 2 rings (SSSR count). The molecule has 0 atom stereocenters. The van der Waals surface area contributed by atoms with Crippen LogP contribution in [0.25, 0.3) is 0 Å². The maximum Gasteiger partial charge on any atom is 0.310 e. The van der Waals surface area contributed by atoms with Crippen LogP contribution < -0.4 is 10.2 Å². The fourth-order valence-corrected chi connectivity index (χ4v) is 1.72. The molecule has 2 aromatic rings. The molecular formula is C15H13N3O6. The zero-order valence-electron chi connectivity index (χ0n) is 12.2. The van der Waals surface area contributed by atoms with Crippen LogP contribution in [0, 0.1) is 10.1 Å². The Labute approximate surface area is 136 Å². The van der Waals surface area contributed by atoms with E-state index >= 15 is 0 Å². The molecule has 0 saturated carbocycles. The molecule has 2 aromatic carbocycles. The molecule has 0 aliphatic carbocycles. The Kier molecular flexibility index (Phi) is 5.29. The second-order valence-electron chi connectivity index (χ2n) is 4.55. The Bertz CT molecular complexity index is 791. The summed E-state index contributed by atoms with van der Waals surface area (Å²) >= 11 is 0. The lowest BCUT2D eigenvalue weighted by Crippen LogP contribution is -2.24. The highest BCUT2D eigenvalue weighted by atomic mass is 16.6. The predicted molar refractivity (Wildman–Crippen MR) is 84.1 cm³/mol. The zero-order valence-corrected chi connectivity index (χ0v) is 12.2. The molecule has 0 fully saturated rings. The van der Waals surface area contributed by atoms with Crippen molar-refractivity contribution in [2.24, 2.45) is 5.10 Å². The van der Waals surface area contributed by atoms with Crippen LogP contribution in [0.1, 0.15) is 5.56 Å². The Hall–Kier alpha value is -3.62. The molecule has 124 valence electrons. The summed E-state index contributed by atoms with van der Waals surface area (Å²) in [6, 6.07) is 9.55. The lowest BCUT2D eigenvalue weighted by atomic mass is 10.2. The minimum atomic E-state index is -0.636. The van der Waals surface area contributed by atoms with E-state index in [0.29, 0.717) is 0 Å². The third kappa shape index (κ3) is 4.44. The van der Waals surface area contributed by atoms with Crippen LogP contribution in [-0.4, -0.2) is 33.9 Å². The van der Waals surface area contributed by atoms with E-state index in [1.807, 2.05) is 0 Å². The van der Waals surface area contributed by atoms with Crippen LogP contribution in [0.5, 0.6) is 17.2 Å². The van der Waals surface area contributed by atoms with Crippen LogP contribution in [0.4, 0.5) is 5.69 Å². The van der Waals surface area contributed by atoms with E-state index in [4.69, 9.17) is 9.84 Å². The van der Waals surface area contributed by atoms with Crippen LogP contribution in [0.3, 0.4) is 0 Å². The Morgan fingerprint density at radius 2 is 2.04 bits per heavy atom. The molecule has 0 bridgehead atoms. The van der Waals surface area contributed by atoms with Gasteiger partial charge < -0.3 is 14.9 Å². The van der Waals surface area contributed by atoms with Gasteiger partial charge in [0.05, 0.1) is 11.1 Å². The summed E-state index contributed by atoms with van der Waals surface area (Å²) in [7, 11) is 0. The largest absolute Gasteiger partial charge is 0.508 e. The number of nitrogens with one attached hydrogen (secondary N) is 1. The fourth-order valence-electron chi connectivity index (χ4n) is 1.72. The molecule has 24 heavy (non-hydrogen) atoms. The molecule has 9 nitrogen and oxygen atoms in total. The first-order valence-corrected chi connectivity index (χ1v) is 6.67. The number of ether oxygens (including phenoxy) is 1. The van der Waals surface area contributed by atoms with Gasteiger partial charge in [0.25, 0.3) is 5.91 Å². The number of para-hydroxylation sites is 2. The first-order chi connectivity index (χ1) is 11.5. The molecular weight excluding hydrogens is 318 g/mol. The number of nitrogens with zero attached hydrogens (tertiary/aromatic N) is 2. The average molecular weight is 331 g/mol. The van der Waals surface area contributed by atoms with E-state index in [1.165, 1.54) is 36.5 Å². The summed E-state index contributed by atoms with van der Waals surface area (Å²) < 4.78 is 5.09. The van der Waals surface area contributed by atoms with Crippen molar-refractivity contribution in [3.05, 3.63) is 58.1 Å². The molecule has 1 amide bonds. The smallest absolute Gasteiger partial charge is 0.310 e. The Morgan fingerprint density at radius 1 is 1.29 bits per heavy atom. The van der Waals surface area contributed by atoms with E-state index in [9.17, 15) is 20.0 Å². The van der Waals surface area contributed by atoms with E-state index in [1.54, 1.807) is 6.07 Å². The SMILES string of the molecule is O=C(COc1ccccc1[N+](=O)[O-])NN=Cc1ccc(O)cc1O. The maximum absolute atomic E-state index is 11.6. The number of aromatic hydroxyl groups is 2. The zero-order chi connectivity index (χ0) is 17.5. The number of hydrogen-bond donors (Lipinski definition) is 3. The lowest BCUT2D eigenvalue weighted by molar-refractivity contribution is -0.385. The summed E-state index contributed by atoms with van der Waals surface area (Å²) in [5.74, 6) is -0.976. The van der Waals surface area contributed by atoms with Crippen molar-refractivity contribution >= 4 is 17.8 Å². The number of nitro benzene ring substituents is 1. The van der Waals surface area contributed by atoms with E-state index < -0.39 is 17.4 Å². The topological polar surface area (TPSA) is 134 Å². The highest BCUT2D eigenvalue weighted by Crippen LogP contribution is 2.25. The van der Waals surface area contributed by atoms with Crippen LogP contribution in [0.2, 0.25) is 0 Å². The first kappa shape index (κ1) is 16.7. The number of rotatable bonds is 6. The highest BCUT2D eigenvalue weighted by Gasteiger charge is 2.14. The average Bonchev–Trinajstić information content (AvgIpc) is 2.55. The van der Waals surface area contributed by atoms with Crippen molar-refractivity contribution in [1.82, 2.24) is 5.43 Å². The third-order valence-electron chi connectivity index (χ3n) is 2.83. The second kappa shape index (κ2) is 7.58. The molecule has 0 spiro atoms. The minimum absolute atomic E-state index is 0.0298. The van der Waals surface area contributed by atoms with Gasteiger partial charge in [-0.1, -0.05) is 12.1 Å². The van der Waals surface area contributed by atoms with Gasteiger partial charge in [-0.3, -0.25) is 14.9 Å². The Morgan fingerprint density at radius 3 is 2.75 bits per heavy atom. The number of phenolic OH excluding ortho intramolecular Hbond substituents is 2. The summed E-state index contributed by atoms with van der Waals surface area (Å²) in [4.78, 5) is 21.8. The monoisotopic (exact) mass is 331 g/mol. The van der Waals surface area contributed by atoms with E-state index in [0.717, 1.165) is 6.07 Å². The molecule has 9 heteroatoms. The van der Waals surface area contributed by atoms with Gasteiger partial charge in [-0.25, -0.2) is 5.43 Å². The molecule has 3 N–H and O–H groups in total. The normalized spacial score (nSPS) is 10.5. The first-order valence-electron chi connectivity index (χ1n) is 6.67. The third-order valence-corrected chi connectivity index (χ3v) is 2.83. The summed E-state index contributed by atoms with van der Waals surface area (Å²) in [5, 5.41) is 33.1. The van der Waals surface area contributed by atoms with E-state index in [2.05, 4.69) is 10.5 Å². The number of hydrazone groups is 1. The van der Waals surface area contributed by atoms with Gasteiger partial charge in [0.2, 0.25) is 0 Å². The highest BCUT2D eigenvalue weighted by molar-refractivity contribution is 5.85.